The maximum absolute atomic E-state index is 11.0. The molecule has 0 saturated carbocycles. The monoisotopic (exact) mass is 352 g/mol. The van der Waals surface area contributed by atoms with Crippen LogP contribution in [0.25, 0.3) is 0 Å². The van der Waals surface area contributed by atoms with E-state index in [-0.39, 0.29) is 11.7 Å². The summed E-state index contributed by atoms with van der Waals surface area (Å²) in [7, 11) is 1.91. The van der Waals surface area contributed by atoms with Gasteiger partial charge in [-0.15, -0.1) is 0 Å². The highest BCUT2D eigenvalue weighted by Gasteiger charge is 2.18. The number of hydrogen-bond donors (Lipinski definition) is 1. The molecule has 0 fully saturated rings. The second-order valence-corrected chi connectivity index (χ2v) is 5.85. The van der Waals surface area contributed by atoms with Crippen molar-refractivity contribution in [3.05, 3.63) is 49.7 Å². The van der Waals surface area contributed by atoms with E-state index in [9.17, 15) is 10.1 Å². The molecule has 7 heteroatoms. The van der Waals surface area contributed by atoms with Gasteiger partial charge in [0.15, 0.2) is 0 Å². The van der Waals surface area contributed by atoms with Gasteiger partial charge in [-0.05, 0) is 48.8 Å². The number of anilines is 1. The molecule has 1 heterocycles. The predicted octanol–water partition coefficient (Wildman–Crippen LogP) is 3.88. The van der Waals surface area contributed by atoms with Gasteiger partial charge < -0.3 is 5.32 Å². The molecule has 1 N–H and O–H groups in total. The van der Waals surface area contributed by atoms with Crippen molar-refractivity contribution in [3.63, 3.8) is 0 Å². The molecule has 1 atom stereocenters. The number of halogens is 1. The number of aryl methyl sites for hydroxylation is 2. The second kappa shape index (κ2) is 5.85. The molecule has 0 aliphatic carbocycles. The van der Waals surface area contributed by atoms with Gasteiger partial charge in [-0.25, -0.2) is 0 Å². The maximum Gasteiger partial charge on any atom is 0.285 e. The van der Waals surface area contributed by atoms with Gasteiger partial charge in [0.05, 0.1) is 21.1 Å². The van der Waals surface area contributed by atoms with E-state index in [0.29, 0.717) is 10.2 Å². The Morgan fingerprint density at radius 2 is 2.10 bits per heavy atom. The molecule has 2 rings (SSSR count). The first-order chi connectivity index (χ1) is 9.81. The quantitative estimate of drug-likeness (QED) is 0.669. The third-order valence-corrected chi connectivity index (χ3v) is 4.19. The van der Waals surface area contributed by atoms with Crippen LogP contribution in [0.3, 0.4) is 0 Å². The van der Waals surface area contributed by atoms with Gasteiger partial charge in [0.25, 0.3) is 5.69 Å². The Morgan fingerprint density at radius 1 is 1.43 bits per heavy atom. The van der Waals surface area contributed by atoms with Crippen LogP contribution in [0, 0.1) is 24.0 Å². The average Bonchev–Trinajstić information content (AvgIpc) is 2.65. The van der Waals surface area contributed by atoms with Crippen molar-refractivity contribution < 1.29 is 4.92 Å². The minimum absolute atomic E-state index is 0.0134. The molecule has 112 valence electrons. The fourth-order valence-corrected chi connectivity index (χ4v) is 2.87. The number of nitro benzene ring substituents is 1. The van der Waals surface area contributed by atoms with E-state index in [0.717, 1.165) is 17.0 Å². The molecular weight excluding hydrogens is 336 g/mol. The van der Waals surface area contributed by atoms with Gasteiger partial charge in [-0.3, -0.25) is 14.8 Å². The van der Waals surface area contributed by atoms with Gasteiger partial charge in [0.1, 0.15) is 0 Å². The Hall–Kier alpha value is -1.89. The van der Waals surface area contributed by atoms with Gasteiger partial charge in [0, 0.05) is 30.1 Å². The summed E-state index contributed by atoms with van der Waals surface area (Å²) < 4.78 is 2.31. The summed E-state index contributed by atoms with van der Waals surface area (Å²) in [6.07, 6.45) is 0. The fraction of sp³-hybridized carbons (Fsp3) is 0.357. The zero-order valence-corrected chi connectivity index (χ0v) is 13.9. The molecule has 2 aromatic rings. The molecule has 0 aliphatic heterocycles. The van der Waals surface area contributed by atoms with Crippen molar-refractivity contribution in [2.45, 2.75) is 26.8 Å². The normalized spacial score (nSPS) is 12.2. The van der Waals surface area contributed by atoms with Crippen molar-refractivity contribution in [2.75, 3.05) is 5.32 Å². The highest BCUT2D eigenvalue weighted by molar-refractivity contribution is 9.10. The Morgan fingerprint density at radius 3 is 2.62 bits per heavy atom. The first-order valence-electron chi connectivity index (χ1n) is 6.51. The standard InChI is InChI=1S/C14H17BrN4O2/c1-8(14-9(2)17-18(4)10(14)3)16-11-5-6-12(15)13(7-11)19(20)21/h5-8,16H,1-4H3. The molecule has 0 spiro atoms. The minimum atomic E-state index is -0.402. The highest BCUT2D eigenvalue weighted by Crippen LogP contribution is 2.30. The van der Waals surface area contributed by atoms with Gasteiger partial charge in [-0.1, -0.05) is 0 Å². The molecule has 0 aliphatic rings. The van der Waals surface area contributed by atoms with E-state index in [1.54, 1.807) is 6.07 Å². The van der Waals surface area contributed by atoms with Gasteiger partial charge in [0.2, 0.25) is 0 Å². The van der Waals surface area contributed by atoms with E-state index in [1.165, 1.54) is 6.07 Å². The highest BCUT2D eigenvalue weighted by atomic mass is 79.9. The van der Waals surface area contributed by atoms with Crippen LogP contribution in [0.4, 0.5) is 11.4 Å². The van der Waals surface area contributed by atoms with Crippen LogP contribution in [0.1, 0.15) is 29.9 Å². The van der Waals surface area contributed by atoms with Crippen molar-refractivity contribution in [3.8, 4) is 0 Å². The second-order valence-electron chi connectivity index (χ2n) is 5.00. The molecular formula is C14H17BrN4O2. The first kappa shape index (κ1) is 15.5. The Kier molecular flexibility index (Phi) is 4.32. The molecule has 1 unspecified atom stereocenters. The van der Waals surface area contributed by atoms with E-state index < -0.39 is 4.92 Å². The van der Waals surface area contributed by atoms with Crippen LogP contribution in [0.15, 0.2) is 22.7 Å². The fourth-order valence-electron chi connectivity index (χ4n) is 2.48. The summed E-state index contributed by atoms with van der Waals surface area (Å²) in [6.45, 7) is 5.99. The smallest absolute Gasteiger partial charge is 0.285 e. The molecule has 6 nitrogen and oxygen atoms in total. The molecule has 21 heavy (non-hydrogen) atoms. The van der Waals surface area contributed by atoms with E-state index >= 15 is 0 Å². The average molecular weight is 353 g/mol. The molecule has 0 radical (unpaired) electrons. The van der Waals surface area contributed by atoms with E-state index in [4.69, 9.17) is 0 Å². The number of hydrogen-bond acceptors (Lipinski definition) is 4. The van der Waals surface area contributed by atoms with Crippen LogP contribution >= 0.6 is 15.9 Å². The van der Waals surface area contributed by atoms with Crippen molar-refractivity contribution in [2.24, 2.45) is 7.05 Å². The number of rotatable bonds is 4. The third-order valence-electron chi connectivity index (χ3n) is 3.52. The molecule has 0 amide bonds. The number of aromatic nitrogens is 2. The number of nitrogens with zero attached hydrogens (tertiary/aromatic N) is 3. The molecule has 0 saturated heterocycles. The molecule has 1 aromatic carbocycles. The molecule has 0 bridgehead atoms. The first-order valence-corrected chi connectivity index (χ1v) is 7.31. The lowest BCUT2D eigenvalue weighted by atomic mass is 10.1. The lowest BCUT2D eigenvalue weighted by molar-refractivity contribution is -0.385. The van der Waals surface area contributed by atoms with Crippen LogP contribution in [0.5, 0.6) is 0 Å². The zero-order chi connectivity index (χ0) is 15.7. The van der Waals surface area contributed by atoms with Crippen LogP contribution < -0.4 is 5.32 Å². The minimum Gasteiger partial charge on any atom is -0.378 e. The summed E-state index contributed by atoms with van der Waals surface area (Å²) >= 11 is 3.19. The Balaban J connectivity index is 2.29. The van der Waals surface area contributed by atoms with E-state index in [1.807, 2.05) is 38.6 Å². The van der Waals surface area contributed by atoms with E-state index in [2.05, 4.69) is 26.3 Å². The summed E-state index contributed by atoms with van der Waals surface area (Å²) in [5.41, 5.74) is 3.91. The largest absolute Gasteiger partial charge is 0.378 e. The summed E-state index contributed by atoms with van der Waals surface area (Å²) in [6, 6.07) is 5.03. The molecule has 1 aromatic heterocycles. The van der Waals surface area contributed by atoms with Crippen molar-refractivity contribution >= 4 is 27.3 Å². The van der Waals surface area contributed by atoms with Gasteiger partial charge in [-0.2, -0.15) is 5.10 Å². The number of nitro groups is 1. The SMILES string of the molecule is Cc1nn(C)c(C)c1C(C)Nc1ccc(Br)c([N+](=O)[O-])c1. The Bertz CT molecular complexity index is 697. The van der Waals surface area contributed by atoms with Crippen LogP contribution in [-0.4, -0.2) is 14.7 Å². The maximum atomic E-state index is 11.0. The third kappa shape index (κ3) is 3.07. The van der Waals surface area contributed by atoms with Crippen LogP contribution in [-0.2, 0) is 7.05 Å². The summed E-state index contributed by atoms with van der Waals surface area (Å²) in [4.78, 5) is 10.6. The number of benzene rings is 1. The lowest BCUT2D eigenvalue weighted by Gasteiger charge is -2.16. The zero-order valence-electron chi connectivity index (χ0n) is 12.3. The van der Waals surface area contributed by atoms with Crippen molar-refractivity contribution in [1.29, 1.82) is 0 Å². The van der Waals surface area contributed by atoms with Crippen LogP contribution in [0.2, 0.25) is 0 Å². The summed E-state index contributed by atoms with van der Waals surface area (Å²) in [5, 5.41) is 18.7. The van der Waals surface area contributed by atoms with Crippen molar-refractivity contribution in [1.82, 2.24) is 9.78 Å². The van der Waals surface area contributed by atoms with Gasteiger partial charge >= 0.3 is 0 Å². The Labute approximate surface area is 131 Å². The predicted molar refractivity (Wildman–Crippen MR) is 85.5 cm³/mol. The number of nitrogens with one attached hydrogen (secondary N) is 1. The topological polar surface area (TPSA) is 73.0 Å². The lowest BCUT2D eigenvalue weighted by Crippen LogP contribution is -2.09. The summed E-state index contributed by atoms with van der Waals surface area (Å²) in [5.74, 6) is 0.